The third-order valence-corrected chi connectivity index (χ3v) is 5.72. The molecule has 1 atom stereocenters. The number of hydrogen-bond donors (Lipinski definition) is 1. The van der Waals surface area contributed by atoms with Gasteiger partial charge in [-0.25, -0.2) is 0 Å². The van der Waals surface area contributed by atoms with Crippen molar-refractivity contribution in [1.82, 2.24) is 0 Å². The molecule has 1 unspecified atom stereocenters. The number of anilines is 1. The molecule has 1 amide bonds. The van der Waals surface area contributed by atoms with E-state index in [0.29, 0.717) is 5.56 Å². The number of ketones is 1. The van der Waals surface area contributed by atoms with E-state index in [-0.39, 0.29) is 28.4 Å². The number of amides is 1. The third-order valence-electron chi connectivity index (χ3n) is 4.25. The van der Waals surface area contributed by atoms with Gasteiger partial charge in [0.2, 0.25) is 5.91 Å². The first-order chi connectivity index (χ1) is 10.5. The average Bonchev–Trinajstić information content (AvgIpc) is 2.55. The predicted molar refractivity (Wildman–Crippen MR) is 93.5 cm³/mol. The number of alkyl halides is 1. The second-order valence-corrected chi connectivity index (χ2v) is 7.40. The van der Waals surface area contributed by atoms with Crippen molar-refractivity contribution in [2.45, 2.75) is 50.8 Å². The maximum absolute atomic E-state index is 12.2. The van der Waals surface area contributed by atoms with Crippen LogP contribution in [0, 0.1) is 11.8 Å². The van der Waals surface area contributed by atoms with Crippen molar-refractivity contribution in [2.24, 2.45) is 11.8 Å². The largest absolute Gasteiger partial charge is 0.326 e. The minimum Gasteiger partial charge on any atom is -0.326 e. The Bertz CT molecular complexity index is 518. The maximum Gasteiger partial charge on any atom is 0.227 e. The van der Waals surface area contributed by atoms with Crippen LogP contribution >= 0.6 is 15.9 Å². The molecule has 1 aromatic carbocycles. The van der Waals surface area contributed by atoms with Crippen molar-refractivity contribution in [3.63, 3.8) is 0 Å². The minimum absolute atomic E-state index is 0.0835. The summed E-state index contributed by atoms with van der Waals surface area (Å²) in [5.41, 5.74) is 1.44. The highest BCUT2D eigenvalue weighted by molar-refractivity contribution is 9.10. The molecule has 22 heavy (non-hydrogen) atoms. The Morgan fingerprint density at radius 3 is 2.23 bits per heavy atom. The first kappa shape index (κ1) is 17.2. The zero-order chi connectivity index (χ0) is 16.1. The number of rotatable bonds is 5. The van der Waals surface area contributed by atoms with E-state index >= 15 is 0 Å². The summed E-state index contributed by atoms with van der Waals surface area (Å²) in [6.07, 6.45) is 5.51. The Hall–Kier alpha value is -1.16. The van der Waals surface area contributed by atoms with Crippen LogP contribution in [0.4, 0.5) is 5.69 Å². The first-order valence-electron chi connectivity index (χ1n) is 8.08. The molecular weight excluding hydrogens is 342 g/mol. The van der Waals surface area contributed by atoms with Gasteiger partial charge in [0.15, 0.2) is 5.78 Å². The summed E-state index contributed by atoms with van der Waals surface area (Å²) in [5, 5.41) is 2.97. The molecule has 1 N–H and O–H groups in total. The summed E-state index contributed by atoms with van der Waals surface area (Å²) in [6, 6.07) is 7.20. The van der Waals surface area contributed by atoms with E-state index in [2.05, 4.69) is 21.2 Å². The van der Waals surface area contributed by atoms with Gasteiger partial charge in [-0.1, -0.05) is 49.0 Å². The summed E-state index contributed by atoms with van der Waals surface area (Å²) >= 11 is 3.44. The molecule has 0 heterocycles. The lowest BCUT2D eigenvalue weighted by molar-refractivity contribution is -0.120. The van der Waals surface area contributed by atoms with Gasteiger partial charge in [0.25, 0.3) is 0 Å². The summed E-state index contributed by atoms with van der Waals surface area (Å²) in [6.45, 7) is 4.02. The normalized spacial score (nSPS) is 17.3. The number of halogens is 1. The van der Waals surface area contributed by atoms with Crippen LogP contribution in [-0.4, -0.2) is 16.5 Å². The highest BCUT2D eigenvalue weighted by atomic mass is 79.9. The number of carbonyl (C=O) groups excluding carboxylic acids is 2. The van der Waals surface area contributed by atoms with Gasteiger partial charge in [-0.2, -0.15) is 0 Å². The van der Waals surface area contributed by atoms with E-state index in [1.54, 1.807) is 12.1 Å². The molecule has 0 saturated heterocycles. The Kier molecular flexibility index (Phi) is 6.18. The molecule has 120 valence electrons. The van der Waals surface area contributed by atoms with Gasteiger partial charge in [-0.05, 0) is 43.0 Å². The van der Waals surface area contributed by atoms with Crippen LogP contribution in [0.3, 0.4) is 0 Å². The first-order valence-corrected chi connectivity index (χ1v) is 9.00. The molecule has 0 bridgehead atoms. The van der Waals surface area contributed by atoms with E-state index < -0.39 is 0 Å². The number of benzene rings is 1. The number of Topliss-reactive ketones (excluding diaryl/α,β-unsaturated/α-hetero) is 1. The van der Waals surface area contributed by atoms with Crippen LogP contribution in [0.1, 0.15) is 56.3 Å². The summed E-state index contributed by atoms with van der Waals surface area (Å²) < 4.78 is 0. The van der Waals surface area contributed by atoms with Gasteiger partial charge in [0, 0.05) is 17.2 Å². The van der Waals surface area contributed by atoms with Gasteiger partial charge in [-0.3, -0.25) is 9.59 Å². The Morgan fingerprint density at radius 1 is 1.09 bits per heavy atom. The van der Waals surface area contributed by atoms with E-state index in [0.717, 1.165) is 31.4 Å². The second kappa shape index (κ2) is 7.91. The molecule has 1 aromatic rings. The zero-order valence-electron chi connectivity index (χ0n) is 13.3. The average molecular weight is 366 g/mol. The van der Waals surface area contributed by atoms with Crippen molar-refractivity contribution >= 4 is 33.3 Å². The molecule has 0 aliphatic heterocycles. The number of nitrogens with one attached hydrogen (secondary N) is 1. The standard InChI is InChI=1S/C18H24BrNO2/c1-12(2)16(19)17(21)13-8-10-15(11-9-13)20-18(22)14-6-4-3-5-7-14/h8-12,14,16H,3-7H2,1-2H3,(H,20,22). The van der Waals surface area contributed by atoms with Crippen LogP contribution in [0.15, 0.2) is 24.3 Å². The summed E-state index contributed by atoms with van der Waals surface area (Å²) in [7, 11) is 0. The van der Waals surface area contributed by atoms with Crippen molar-refractivity contribution in [2.75, 3.05) is 5.32 Å². The van der Waals surface area contributed by atoms with E-state index in [1.807, 2.05) is 26.0 Å². The lowest BCUT2D eigenvalue weighted by atomic mass is 9.88. The fraction of sp³-hybridized carbons (Fsp3) is 0.556. The van der Waals surface area contributed by atoms with Crippen LogP contribution in [0.2, 0.25) is 0 Å². The van der Waals surface area contributed by atoms with E-state index in [1.165, 1.54) is 6.42 Å². The lowest BCUT2D eigenvalue weighted by Crippen LogP contribution is -2.24. The van der Waals surface area contributed by atoms with Gasteiger partial charge in [0.05, 0.1) is 4.83 Å². The molecule has 1 aliphatic carbocycles. The molecule has 0 spiro atoms. The van der Waals surface area contributed by atoms with Crippen LogP contribution < -0.4 is 5.32 Å². The SMILES string of the molecule is CC(C)C(Br)C(=O)c1ccc(NC(=O)C2CCCCC2)cc1. The molecule has 4 heteroatoms. The molecule has 1 fully saturated rings. The Balaban J connectivity index is 1.96. The van der Waals surface area contributed by atoms with Crippen LogP contribution in [0.5, 0.6) is 0 Å². The van der Waals surface area contributed by atoms with Crippen molar-refractivity contribution in [1.29, 1.82) is 0 Å². The second-order valence-electron chi connectivity index (χ2n) is 6.41. The fourth-order valence-corrected chi connectivity index (χ4v) is 3.05. The van der Waals surface area contributed by atoms with Crippen LogP contribution in [-0.2, 0) is 4.79 Å². The highest BCUT2D eigenvalue weighted by Gasteiger charge is 2.22. The third kappa shape index (κ3) is 4.42. The van der Waals surface area contributed by atoms with Crippen molar-refractivity contribution in [3.8, 4) is 0 Å². The van der Waals surface area contributed by atoms with Gasteiger partial charge < -0.3 is 5.32 Å². The quantitative estimate of drug-likeness (QED) is 0.601. The smallest absolute Gasteiger partial charge is 0.227 e. The van der Waals surface area contributed by atoms with E-state index in [4.69, 9.17) is 0 Å². The van der Waals surface area contributed by atoms with Gasteiger partial charge in [0.1, 0.15) is 0 Å². The van der Waals surface area contributed by atoms with Gasteiger partial charge >= 0.3 is 0 Å². The summed E-state index contributed by atoms with van der Waals surface area (Å²) in [5.74, 6) is 0.584. The monoisotopic (exact) mass is 365 g/mol. The molecule has 3 nitrogen and oxygen atoms in total. The van der Waals surface area contributed by atoms with Crippen molar-refractivity contribution < 1.29 is 9.59 Å². The van der Waals surface area contributed by atoms with Crippen LogP contribution in [0.25, 0.3) is 0 Å². The highest BCUT2D eigenvalue weighted by Crippen LogP contribution is 2.25. The number of hydrogen-bond acceptors (Lipinski definition) is 2. The molecule has 0 radical (unpaired) electrons. The summed E-state index contributed by atoms with van der Waals surface area (Å²) in [4.78, 5) is 24.3. The zero-order valence-corrected chi connectivity index (χ0v) is 14.9. The van der Waals surface area contributed by atoms with Gasteiger partial charge in [-0.15, -0.1) is 0 Å². The molecule has 1 saturated carbocycles. The fourth-order valence-electron chi connectivity index (χ4n) is 2.79. The minimum atomic E-state index is -0.171. The Labute approximate surface area is 141 Å². The molecular formula is C18H24BrNO2. The maximum atomic E-state index is 12.2. The van der Waals surface area contributed by atoms with E-state index in [9.17, 15) is 9.59 Å². The number of carbonyl (C=O) groups is 2. The lowest BCUT2D eigenvalue weighted by Gasteiger charge is -2.20. The molecule has 2 rings (SSSR count). The molecule has 0 aromatic heterocycles. The van der Waals surface area contributed by atoms with Crippen molar-refractivity contribution in [3.05, 3.63) is 29.8 Å². The topological polar surface area (TPSA) is 46.2 Å². The Morgan fingerprint density at radius 2 is 1.68 bits per heavy atom. The molecule has 1 aliphatic rings. The predicted octanol–water partition coefficient (Wildman–Crippen LogP) is 4.81.